The zero-order chi connectivity index (χ0) is 13.2. The highest BCUT2D eigenvalue weighted by Crippen LogP contribution is 2.32. The summed E-state index contributed by atoms with van der Waals surface area (Å²) in [4.78, 5) is 21.8. The Kier molecular flexibility index (Phi) is 3.25. The molecule has 1 aliphatic heterocycles. The number of halogens is 1. The van der Waals surface area contributed by atoms with Gasteiger partial charge in [0.25, 0.3) is 5.91 Å². The summed E-state index contributed by atoms with van der Waals surface area (Å²) in [6.45, 7) is 0.745. The Balaban J connectivity index is 1.89. The smallest absolute Gasteiger partial charge is 0.255 e. The Labute approximate surface area is 116 Å². The van der Waals surface area contributed by atoms with Crippen LogP contribution >= 0.6 is 11.6 Å². The average Bonchev–Trinajstić information content (AvgIpc) is 3.09. The number of nitrogens with one attached hydrogen (secondary N) is 1. The first-order valence-corrected chi connectivity index (χ1v) is 6.70. The van der Waals surface area contributed by atoms with Gasteiger partial charge in [-0.15, -0.1) is 0 Å². The van der Waals surface area contributed by atoms with Gasteiger partial charge in [0.15, 0.2) is 0 Å². The van der Waals surface area contributed by atoms with Crippen molar-refractivity contribution >= 4 is 17.5 Å². The Morgan fingerprint density at radius 1 is 1.42 bits per heavy atom. The molecule has 0 saturated carbocycles. The van der Waals surface area contributed by atoms with Crippen LogP contribution in [-0.4, -0.2) is 27.3 Å². The molecular formula is C14H14ClN3O. The highest BCUT2D eigenvalue weighted by atomic mass is 35.5. The molecule has 1 fully saturated rings. The topological polar surface area (TPSA) is 49.0 Å². The van der Waals surface area contributed by atoms with Gasteiger partial charge in [0.2, 0.25) is 0 Å². The van der Waals surface area contributed by atoms with Crippen LogP contribution in [0.4, 0.5) is 0 Å². The van der Waals surface area contributed by atoms with Crippen LogP contribution < -0.4 is 0 Å². The Hall–Kier alpha value is -1.81. The van der Waals surface area contributed by atoms with Crippen molar-refractivity contribution in [1.29, 1.82) is 0 Å². The van der Waals surface area contributed by atoms with Crippen LogP contribution in [0.25, 0.3) is 0 Å². The average molecular weight is 276 g/mol. The minimum atomic E-state index is -0.0236. The van der Waals surface area contributed by atoms with Crippen LogP contribution in [0.3, 0.4) is 0 Å². The maximum atomic E-state index is 12.6. The number of H-pyrrole nitrogens is 1. The number of hydrogen-bond acceptors (Lipinski definition) is 2. The van der Waals surface area contributed by atoms with Crippen molar-refractivity contribution in [2.45, 2.75) is 18.9 Å². The van der Waals surface area contributed by atoms with E-state index in [4.69, 9.17) is 11.6 Å². The minimum absolute atomic E-state index is 0.0236. The number of carbonyl (C=O) groups excluding carboxylic acids is 1. The van der Waals surface area contributed by atoms with Crippen molar-refractivity contribution in [2.75, 3.05) is 6.54 Å². The number of nitrogens with zero attached hydrogens (tertiary/aromatic N) is 2. The lowest BCUT2D eigenvalue weighted by Crippen LogP contribution is -2.31. The van der Waals surface area contributed by atoms with Gasteiger partial charge in [-0.05, 0) is 25.0 Å². The summed E-state index contributed by atoms with van der Waals surface area (Å²) in [5.74, 6) is 0.822. The van der Waals surface area contributed by atoms with Crippen LogP contribution in [0, 0.1) is 0 Å². The number of aromatic nitrogens is 2. The molecule has 0 spiro atoms. The number of carbonyl (C=O) groups is 1. The largest absolute Gasteiger partial charge is 0.347 e. The summed E-state index contributed by atoms with van der Waals surface area (Å²) < 4.78 is 0. The van der Waals surface area contributed by atoms with Crippen molar-refractivity contribution in [3.8, 4) is 0 Å². The molecular weight excluding hydrogens is 262 g/mol. The predicted molar refractivity (Wildman–Crippen MR) is 73.1 cm³/mol. The fourth-order valence-electron chi connectivity index (χ4n) is 2.54. The lowest BCUT2D eigenvalue weighted by molar-refractivity contribution is 0.0730. The van der Waals surface area contributed by atoms with Gasteiger partial charge >= 0.3 is 0 Å². The van der Waals surface area contributed by atoms with Crippen LogP contribution in [0.2, 0.25) is 5.02 Å². The van der Waals surface area contributed by atoms with Crippen LogP contribution in [0.15, 0.2) is 36.7 Å². The van der Waals surface area contributed by atoms with E-state index in [1.807, 2.05) is 17.0 Å². The molecule has 2 aromatic rings. The molecule has 1 saturated heterocycles. The molecule has 2 heterocycles. The summed E-state index contributed by atoms with van der Waals surface area (Å²) in [5.41, 5.74) is 0.558. The second-order valence-corrected chi connectivity index (χ2v) is 5.02. The van der Waals surface area contributed by atoms with Gasteiger partial charge in [0.05, 0.1) is 16.6 Å². The van der Waals surface area contributed by atoms with E-state index >= 15 is 0 Å². The standard InChI is InChI=1S/C14H14ClN3O/c15-11-5-2-1-4-10(11)14(19)18-9-3-6-12(18)13-16-7-8-17-13/h1-2,4-5,7-8,12H,3,6,9H2,(H,16,17)/t12-/m0/s1. The Bertz CT molecular complexity index is 582. The van der Waals surface area contributed by atoms with Gasteiger partial charge < -0.3 is 9.88 Å². The predicted octanol–water partition coefficient (Wildman–Crippen LogP) is 3.04. The second kappa shape index (κ2) is 5.05. The molecule has 3 rings (SSSR count). The lowest BCUT2D eigenvalue weighted by Gasteiger charge is -2.23. The van der Waals surface area contributed by atoms with E-state index in [1.54, 1.807) is 24.5 Å². The maximum Gasteiger partial charge on any atom is 0.255 e. The zero-order valence-electron chi connectivity index (χ0n) is 10.3. The molecule has 0 unspecified atom stereocenters. The summed E-state index contributed by atoms with van der Waals surface area (Å²) in [7, 11) is 0. The molecule has 1 atom stereocenters. The number of rotatable bonds is 2. The van der Waals surface area contributed by atoms with E-state index < -0.39 is 0 Å². The number of aromatic amines is 1. The van der Waals surface area contributed by atoms with Gasteiger partial charge in [-0.2, -0.15) is 0 Å². The molecule has 1 N–H and O–H groups in total. The van der Waals surface area contributed by atoms with Gasteiger partial charge in [-0.3, -0.25) is 4.79 Å². The van der Waals surface area contributed by atoms with E-state index in [0.29, 0.717) is 10.6 Å². The number of amides is 1. The van der Waals surface area contributed by atoms with Crippen LogP contribution in [-0.2, 0) is 0 Å². The van der Waals surface area contributed by atoms with Gasteiger partial charge in [-0.1, -0.05) is 23.7 Å². The number of imidazole rings is 1. The molecule has 1 aromatic heterocycles. The SMILES string of the molecule is O=C(c1ccccc1Cl)N1CCC[C@H]1c1ncc[nH]1. The third-order valence-corrected chi connectivity index (χ3v) is 3.78. The van der Waals surface area contributed by atoms with Crippen LogP contribution in [0.5, 0.6) is 0 Å². The fraction of sp³-hybridized carbons (Fsp3) is 0.286. The minimum Gasteiger partial charge on any atom is -0.347 e. The molecule has 4 nitrogen and oxygen atoms in total. The van der Waals surface area contributed by atoms with Crippen molar-refractivity contribution < 1.29 is 4.79 Å². The molecule has 0 radical (unpaired) electrons. The van der Waals surface area contributed by atoms with Gasteiger partial charge in [0, 0.05) is 18.9 Å². The quantitative estimate of drug-likeness (QED) is 0.916. The van der Waals surface area contributed by atoms with Crippen molar-refractivity contribution in [2.24, 2.45) is 0 Å². The molecule has 1 aromatic carbocycles. The molecule has 1 aliphatic rings. The third kappa shape index (κ3) is 2.24. The van der Waals surface area contributed by atoms with Crippen LogP contribution in [0.1, 0.15) is 35.1 Å². The second-order valence-electron chi connectivity index (χ2n) is 4.61. The Morgan fingerprint density at radius 2 is 2.26 bits per heavy atom. The number of benzene rings is 1. The maximum absolute atomic E-state index is 12.6. The molecule has 5 heteroatoms. The first kappa shape index (κ1) is 12.2. The Morgan fingerprint density at radius 3 is 3.00 bits per heavy atom. The monoisotopic (exact) mass is 275 g/mol. The van der Waals surface area contributed by atoms with E-state index in [2.05, 4.69) is 9.97 Å². The normalized spacial score (nSPS) is 18.8. The van der Waals surface area contributed by atoms with Crippen molar-refractivity contribution in [1.82, 2.24) is 14.9 Å². The fourth-order valence-corrected chi connectivity index (χ4v) is 2.76. The molecule has 0 bridgehead atoms. The number of hydrogen-bond donors (Lipinski definition) is 1. The summed E-state index contributed by atoms with van der Waals surface area (Å²) in [6, 6.07) is 7.19. The summed E-state index contributed by atoms with van der Waals surface area (Å²) >= 11 is 6.10. The van der Waals surface area contributed by atoms with Gasteiger partial charge in [-0.25, -0.2) is 4.98 Å². The first-order chi connectivity index (χ1) is 9.27. The van der Waals surface area contributed by atoms with E-state index in [1.165, 1.54) is 0 Å². The molecule has 0 aliphatic carbocycles. The zero-order valence-corrected chi connectivity index (χ0v) is 11.1. The van der Waals surface area contributed by atoms with E-state index in [9.17, 15) is 4.79 Å². The van der Waals surface area contributed by atoms with E-state index in [-0.39, 0.29) is 11.9 Å². The molecule has 98 valence electrons. The third-order valence-electron chi connectivity index (χ3n) is 3.45. The van der Waals surface area contributed by atoms with Gasteiger partial charge in [0.1, 0.15) is 5.82 Å². The van der Waals surface area contributed by atoms with Crippen molar-refractivity contribution in [3.05, 3.63) is 53.1 Å². The van der Waals surface area contributed by atoms with Crippen molar-refractivity contribution in [3.63, 3.8) is 0 Å². The molecule has 1 amide bonds. The number of likely N-dealkylation sites (tertiary alicyclic amines) is 1. The van der Waals surface area contributed by atoms with E-state index in [0.717, 1.165) is 25.2 Å². The highest BCUT2D eigenvalue weighted by Gasteiger charge is 2.32. The summed E-state index contributed by atoms with van der Waals surface area (Å²) in [6.07, 6.45) is 5.42. The highest BCUT2D eigenvalue weighted by molar-refractivity contribution is 6.33. The lowest BCUT2D eigenvalue weighted by atomic mass is 10.1. The molecule has 19 heavy (non-hydrogen) atoms. The summed E-state index contributed by atoms with van der Waals surface area (Å²) in [5, 5.41) is 0.498. The first-order valence-electron chi connectivity index (χ1n) is 6.32.